The van der Waals surface area contributed by atoms with E-state index in [-0.39, 0.29) is 17.8 Å². The molecule has 2 aromatic carbocycles. The minimum absolute atomic E-state index is 0.101. The fourth-order valence-corrected chi connectivity index (χ4v) is 3.06. The number of carbonyl (C=O) groups excluding carboxylic acids is 1. The molecule has 0 saturated carbocycles. The van der Waals surface area contributed by atoms with Crippen LogP contribution in [-0.4, -0.2) is 16.8 Å². The Labute approximate surface area is 171 Å². The second-order valence-electron chi connectivity index (χ2n) is 7.31. The Balaban J connectivity index is 1.72. The molecular weight excluding hydrogens is 367 g/mol. The maximum absolute atomic E-state index is 13.2. The Hall–Kier alpha value is -2.92. The molecule has 3 rings (SSSR count). The normalized spacial score (nSPS) is 12.1. The molecule has 3 aromatic rings. The SMILES string of the molecule is CCC(C)NC(=O)c1ccc(CN(Cc2ccccc2)Cc2ccc(F)cc2)o1. The Morgan fingerprint density at radius 1 is 0.966 bits per heavy atom. The van der Waals surface area contributed by atoms with E-state index in [1.165, 1.54) is 17.7 Å². The molecule has 0 spiro atoms. The second kappa shape index (κ2) is 10.0. The van der Waals surface area contributed by atoms with Gasteiger partial charge in [-0.05, 0) is 48.7 Å². The summed E-state index contributed by atoms with van der Waals surface area (Å²) in [5, 5.41) is 2.92. The topological polar surface area (TPSA) is 45.5 Å². The van der Waals surface area contributed by atoms with Crippen LogP contribution in [0.25, 0.3) is 0 Å². The van der Waals surface area contributed by atoms with Gasteiger partial charge in [0.2, 0.25) is 0 Å². The quantitative estimate of drug-likeness (QED) is 0.546. The van der Waals surface area contributed by atoms with E-state index in [1.54, 1.807) is 18.2 Å². The Morgan fingerprint density at radius 2 is 1.62 bits per heavy atom. The van der Waals surface area contributed by atoms with Gasteiger partial charge in [-0.25, -0.2) is 4.39 Å². The van der Waals surface area contributed by atoms with Gasteiger partial charge in [0.15, 0.2) is 5.76 Å². The van der Waals surface area contributed by atoms with Crippen molar-refractivity contribution in [1.82, 2.24) is 10.2 Å². The zero-order valence-corrected chi connectivity index (χ0v) is 16.9. The Kier molecular flexibility index (Phi) is 7.19. The summed E-state index contributed by atoms with van der Waals surface area (Å²) in [6.45, 7) is 5.89. The molecule has 0 fully saturated rings. The van der Waals surface area contributed by atoms with Crippen molar-refractivity contribution in [2.45, 2.75) is 45.9 Å². The van der Waals surface area contributed by atoms with Crippen molar-refractivity contribution in [2.24, 2.45) is 0 Å². The fraction of sp³-hybridized carbons (Fsp3) is 0.292. The van der Waals surface area contributed by atoms with E-state index in [1.807, 2.05) is 38.1 Å². The molecule has 4 nitrogen and oxygen atoms in total. The number of halogens is 1. The molecule has 0 bridgehead atoms. The Bertz CT molecular complexity index is 906. The van der Waals surface area contributed by atoms with Crippen LogP contribution >= 0.6 is 0 Å². The molecule has 1 aromatic heterocycles. The monoisotopic (exact) mass is 394 g/mol. The lowest BCUT2D eigenvalue weighted by Gasteiger charge is -2.21. The number of furan rings is 1. The number of benzene rings is 2. The van der Waals surface area contributed by atoms with Gasteiger partial charge in [-0.3, -0.25) is 9.69 Å². The first-order chi connectivity index (χ1) is 14.0. The van der Waals surface area contributed by atoms with Gasteiger partial charge in [-0.2, -0.15) is 0 Å². The maximum Gasteiger partial charge on any atom is 0.287 e. The lowest BCUT2D eigenvalue weighted by atomic mass is 10.1. The predicted octanol–water partition coefficient (Wildman–Crippen LogP) is 5.15. The van der Waals surface area contributed by atoms with Gasteiger partial charge in [-0.1, -0.05) is 49.4 Å². The molecular formula is C24H27FN2O2. The van der Waals surface area contributed by atoms with E-state index in [4.69, 9.17) is 4.42 Å². The van der Waals surface area contributed by atoms with Crippen molar-refractivity contribution in [3.8, 4) is 0 Å². The lowest BCUT2D eigenvalue weighted by molar-refractivity contribution is 0.0906. The first-order valence-electron chi connectivity index (χ1n) is 9.93. The minimum atomic E-state index is -0.244. The van der Waals surface area contributed by atoms with Crippen LogP contribution in [-0.2, 0) is 19.6 Å². The van der Waals surface area contributed by atoms with Crippen LogP contribution in [0, 0.1) is 5.82 Å². The Morgan fingerprint density at radius 3 is 2.28 bits per heavy atom. The zero-order valence-electron chi connectivity index (χ0n) is 16.9. The number of carbonyl (C=O) groups is 1. The van der Waals surface area contributed by atoms with Gasteiger partial charge < -0.3 is 9.73 Å². The van der Waals surface area contributed by atoms with Gasteiger partial charge in [0, 0.05) is 19.1 Å². The smallest absolute Gasteiger partial charge is 0.287 e. The molecule has 0 aliphatic carbocycles. The zero-order chi connectivity index (χ0) is 20.6. The van der Waals surface area contributed by atoms with Gasteiger partial charge >= 0.3 is 0 Å². The average Bonchev–Trinajstić information content (AvgIpc) is 3.19. The van der Waals surface area contributed by atoms with Crippen LogP contribution in [0.15, 0.2) is 71.1 Å². The van der Waals surface area contributed by atoms with Crippen molar-refractivity contribution in [3.63, 3.8) is 0 Å². The number of nitrogens with zero attached hydrogens (tertiary/aromatic N) is 1. The summed E-state index contributed by atoms with van der Waals surface area (Å²) in [6.07, 6.45) is 0.863. The first-order valence-corrected chi connectivity index (χ1v) is 9.93. The van der Waals surface area contributed by atoms with Gasteiger partial charge in [0.05, 0.1) is 6.54 Å². The summed E-state index contributed by atoms with van der Waals surface area (Å²) >= 11 is 0. The third-order valence-electron chi connectivity index (χ3n) is 4.82. The van der Waals surface area contributed by atoms with Crippen LogP contribution in [0.5, 0.6) is 0 Å². The molecule has 1 amide bonds. The van der Waals surface area contributed by atoms with E-state index in [0.717, 1.165) is 17.7 Å². The van der Waals surface area contributed by atoms with Crippen molar-refractivity contribution >= 4 is 5.91 Å². The van der Waals surface area contributed by atoms with Crippen LogP contribution in [0.2, 0.25) is 0 Å². The van der Waals surface area contributed by atoms with Crippen LogP contribution < -0.4 is 5.32 Å². The molecule has 1 unspecified atom stereocenters. The first kappa shape index (κ1) is 20.8. The largest absolute Gasteiger partial charge is 0.455 e. The number of hydrogen-bond donors (Lipinski definition) is 1. The fourth-order valence-electron chi connectivity index (χ4n) is 3.06. The van der Waals surface area contributed by atoms with Gasteiger partial charge in [-0.15, -0.1) is 0 Å². The highest BCUT2D eigenvalue weighted by molar-refractivity contribution is 5.91. The number of amides is 1. The molecule has 29 heavy (non-hydrogen) atoms. The summed E-state index contributed by atoms with van der Waals surface area (Å²) in [5.41, 5.74) is 2.19. The third kappa shape index (κ3) is 6.29. The summed E-state index contributed by atoms with van der Waals surface area (Å²) in [7, 11) is 0. The number of hydrogen-bond acceptors (Lipinski definition) is 3. The third-order valence-corrected chi connectivity index (χ3v) is 4.82. The van der Waals surface area contributed by atoms with Crippen molar-refractivity contribution in [3.05, 3.63) is 95.2 Å². The van der Waals surface area contributed by atoms with Crippen molar-refractivity contribution in [2.75, 3.05) is 0 Å². The summed E-state index contributed by atoms with van der Waals surface area (Å²) in [6, 6.07) is 20.3. The average molecular weight is 394 g/mol. The summed E-state index contributed by atoms with van der Waals surface area (Å²) < 4.78 is 19.0. The van der Waals surface area contributed by atoms with E-state index < -0.39 is 0 Å². The second-order valence-corrected chi connectivity index (χ2v) is 7.31. The lowest BCUT2D eigenvalue weighted by Crippen LogP contribution is -2.31. The number of rotatable bonds is 9. The predicted molar refractivity (Wildman–Crippen MR) is 112 cm³/mol. The van der Waals surface area contributed by atoms with E-state index >= 15 is 0 Å². The van der Waals surface area contributed by atoms with Gasteiger partial charge in [0.1, 0.15) is 11.6 Å². The van der Waals surface area contributed by atoms with Crippen molar-refractivity contribution in [1.29, 1.82) is 0 Å². The molecule has 1 atom stereocenters. The highest BCUT2D eigenvalue weighted by Crippen LogP contribution is 2.17. The highest BCUT2D eigenvalue weighted by Gasteiger charge is 2.15. The van der Waals surface area contributed by atoms with Crippen LogP contribution in [0.3, 0.4) is 0 Å². The summed E-state index contributed by atoms with van der Waals surface area (Å²) in [4.78, 5) is 14.5. The van der Waals surface area contributed by atoms with E-state index in [2.05, 4.69) is 22.3 Å². The van der Waals surface area contributed by atoms with Crippen LogP contribution in [0.1, 0.15) is 47.7 Å². The molecule has 1 heterocycles. The molecule has 152 valence electrons. The highest BCUT2D eigenvalue weighted by atomic mass is 19.1. The minimum Gasteiger partial charge on any atom is -0.455 e. The number of nitrogens with one attached hydrogen (secondary N) is 1. The van der Waals surface area contributed by atoms with Crippen LogP contribution in [0.4, 0.5) is 4.39 Å². The molecule has 5 heteroatoms. The van der Waals surface area contributed by atoms with Crippen molar-refractivity contribution < 1.29 is 13.6 Å². The maximum atomic E-state index is 13.2. The summed E-state index contributed by atoms with van der Waals surface area (Å²) in [5.74, 6) is 0.601. The molecule has 0 saturated heterocycles. The molecule has 0 radical (unpaired) electrons. The van der Waals surface area contributed by atoms with E-state index in [0.29, 0.717) is 25.4 Å². The molecule has 0 aliphatic heterocycles. The van der Waals surface area contributed by atoms with Gasteiger partial charge in [0.25, 0.3) is 5.91 Å². The molecule has 1 N–H and O–H groups in total. The van der Waals surface area contributed by atoms with E-state index in [9.17, 15) is 9.18 Å². The standard InChI is InChI=1S/C24H27FN2O2/c1-3-18(2)26-24(28)23-14-13-22(29-23)17-27(15-19-7-5-4-6-8-19)16-20-9-11-21(25)12-10-20/h4-14,18H,3,15-17H2,1-2H3,(H,26,28). The molecule has 0 aliphatic rings.